The number of fused-ring (bicyclic) bond motifs is 1. The molecule has 2 atom stereocenters. The SMILES string of the molecule is CC(C)(C)CNC(=O)C[C@H](NC(=O)C(=O)c1c[nH]c2ccccc12)C(=O)N[C@@H](Cc1ccncc1)C(=O)NCc1ccccc1Cl. The van der Waals surface area contributed by atoms with Gasteiger partial charge in [-0.15, -0.1) is 0 Å². The van der Waals surface area contributed by atoms with Crippen LogP contribution in [0.2, 0.25) is 5.02 Å². The molecule has 4 aromatic rings. The zero-order chi connectivity index (χ0) is 33.3. The predicted octanol–water partition coefficient (Wildman–Crippen LogP) is 3.48. The maximum absolute atomic E-state index is 13.7. The first-order chi connectivity index (χ1) is 21.9. The Balaban J connectivity index is 1.54. The summed E-state index contributed by atoms with van der Waals surface area (Å²) < 4.78 is 0. The number of aromatic amines is 1. The Morgan fingerprint density at radius 3 is 2.26 bits per heavy atom. The molecule has 0 saturated heterocycles. The smallest absolute Gasteiger partial charge is 0.293 e. The average Bonchev–Trinajstić information content (AvgIpc) is 3.46. The van der Waals surface area contributed by atoms with E-state index in [1.165, 1.54) is 6.20 Å². The third-order valence-electron chi connectivity index (χ3n) is 7.10. The molecule has 4 rings (SSSR count). The summed E-state index contributed by atoms with van der Waals surface area (Å²) in [6.45, 7) is 6.23. The van der Waals surface area contributed by atoms with E-state index in [0.29, 0.717) is 33.6 Å². The zero-order valence-corrected chi connectivity index (χ0v) is 26.6. The van der Waals surface area contributed by atoms with Crippen LogP contribution in [0.15, 0.2) is 79.3 Å². The highest BCUT2D eigenvalue weighted by Gasteiger charge is 2.31. The molecule has 0 saturated carbocycles. The van der Waals surface area contributed by atoms with Gasteiger partial charge in [0.1, 0.15) is 12.1 Å². The highest BCUT2D eigenvalue weighted by atomic mass is 35.5. The van der Waals surface area contributed by atoms with Crippen molar-refractivity contribution in [2.75, 3.05) is 6.54 Å². The van der Waals surface area contributed by atoms with Gasteiger partial charge in [-0.05, 0) is 40.8 Å². The summed E-state index contributed by atoms with van der Waals surface area (Å²) in [6, 6.07) is 14.9. The number of benzene rings is 2. The van der Waals surface area contributed by atoms with Crippen molar-refractivity contribution in [2.24, 2.45) is 5.41 Å². The molecule has 5 N–H and O–H groups in total. The van der Waals surface area contributed by atoms with Gasteiger partial charge in [-0.1, -0.05) is 68.8 Å². The Bertz CT molecular complexity index is 1720. The van der Waals surface area contributed by atoms with Gasteiger partial charge in [0.15, 0.2) is 0 Å². The van der Waals surface area contributed by atoms with E-state index in [9.17, 15) is 24.0 Å². The second-order valence-corrected chi connectivity index (χ2v) is 12.5. The second-order valence-electron chi connectivity index (χ2n) is 12.1. The quantitative estimate of drug-likeness (QED) is 0.111. The third-order valence-corrected chi connectivity index (χ3v) is 7.47. The number of halogens is 1. The summed E-state index contributed by atoms with van der Waals surface area (Å²) in [4.78, 5) is 73.5. The topological polar surface area (TPSA) is 162 Å². The number of aromatic nitrogens is 2. The molecule has 12 heteroatoms. The number of Topliss-reactive ketones (excluding diaryl/α,β-unsaturated/α-hetero) is 1. The minimum absolute atomic E-state index is 0.0910. The van der Waals surface area contributed by atoms with Gasteiger partial charge in [0, 0.05) is 54.0 Å². The van der Waals surface area contributed by atoms with Crippen molar-refractivity contribution in [3.05, 3.63) is 101 Å². The van der Waals surface area contributed by atoms with Crippen molar-refractivity contribution in [3.63, 3.8) is 0 Å². The Morgan fingerprint density at radius 2 is 1.54 bits per heavy atom. The largest absolute Gasteiger partial charge is 0.360 e. The molecule has 0 aliphatic heterocycles. The van der Waals surface area contributed by atoms with Gasteiger partial charge in [-0.3, -0.25) is 29.0 Å². The summed E-state index contributed by atoms with van der Waals surface area (Å²) in [6.07, 6.45) is 4.18. The maximum atomic E-state index is 13.7. The Kier molecular flexibility index (Phi) is 11.3. The van der Waals surface area contributed by atoms with Gasteiger partial charge in [0.25, 0.3) is 11.7 Å². The van der Waals surface area contributed by atoms with E-state index in [0.717, 1.165) is 0 Å². The van der Waals surface area contributed by atoms with Gasteiger partial charge >= 0.3 is 0 Å². The molecule has 2 heterocycles. The van der Waals surface area contributed by atoms with Crippen molar-refractivity contribution < 1.29 is 24.0 Å². The first-order valence-corrected chi connectivity index (χ1v) is 15.2. The number of nitrogens with zero attached hydrogens (tertiary/aromatic N) is 1. The van der Waals surface area contributed by atoms with Gasteiger partial charge in [-0.25, -0.2) is 0 Å². The first kappa shape index (κ1) is 33.9. The molecule has 0 radical (unpaired) electrons. The van der Waals surface area contributed by atoms with E-state index < -0.39 is 47.9 Å². The van der Waals surface area contributed by atoms with Crippen LogP contribution < -0.4 is 21.3 Å². The normalized spacial score (nSPS) is 12.5. The van der Waals surface area contributed by atoms with E-state index >= 15 is 0 Å². The number of ketones is 1. The van der Waals surface area contributed by atoms with Crippen molar-refractivity contribution in [1.82, 2.24) is 31.2 Å². The van der Waals surface area contributed by atoms with Crippen LogP contribution in [0.1, 0.15) is 48.7 Å². The molecular formula is C34H37ClN6O5. The van der Waals surface area contributed by atoms with E-state index in [1.807, 2.05) is 20.8 Å². The van der Waals surface area contributed by atoms with E-state index in [4.69, 9.17) is 11.6 Å². The Hall–Kier alpha value is -5.03. The van der Waals surface area contributed by atoms with E-state index in [2.05, 4.69) is 31.2 Å². The van der Waals surface area contributed by atoms with Crippen LogP contribution in [0.5, 0.6) is 0 Å². The Morgan fingerprint density at radius 1 is 0.848 bits per heavy atom. The number of hydrogen-bond acceptors (Lipinski definition) is 6. The summed E-state index contributed by atoms with van der Waals surface area (Å²) in [7, 11) is 0. The third kappa shape index (κ3) is 9.48. The molecule has 0 fully saturated rings. The molecule has 46 heavy (non-hydrogen) atoms. The molecule has 0 aliphatic carbocycles. The standard InChI is InChI=1S/C34H37ClN6O5/c1-34(2,3)20-39-29(42)17-28(41-33(46)30(43)24-19-37-26-11-7-5-9-23(24)26)32(45)40-27(16-21-12-14-36-15-13-21)31(44)38-18-22-8-4-6-10-25(22)35/h4-15,19,27-28,37H,16-18,20H2,1-3H3,(H,38,44)(H,39,42)(H,40,45)(H,41,46)/t27-,28-/m0/s1. The van der Waals surface area contributed by atoms with Crippen LogP contribution in [-0.2, 0) is 32.1 Å². The van der Waals surface area contributed by atoms with Crippen LogP contribution in [-0.4, -0.2) is 58.0 Å². The monoisotopic (exact) mass is 644 g/mol. The molecule has 2 aromatic heterocycles. The number of nitrogens with one attached hydrogen (secondary N) is 5. The molecule has 0 aliphatic rings. The van der Waals surface area contributed by atoms with Gasteiger partial charge in [-0.2, -0.15) is 0 Å². The van der Waals surface area contributed by atoms with E-state index in [1.54, 1.807) is 73.1 Å². The minimum Gasteiger partial charge on any atom is -0.360 e. The Labute approximate surface area is 271 Å². The summed E-state index contributed by atoms with van der Waals surface area (Å²) in [5.74, 6) is -3.78. The van der Waals surface area contributed by atoms with Crippen LogP contribution in [0, 0.1) is 5.41 Å². The molecule has 4 amide bonds. The van der Waals surface area contributed by atoms with Crippen molar-refractivity contribution in [3.8, 4) is 0 Å². The number of H-pyrrole nitrogens is 1. The van der Waals surface area contributed by atoms with Gasteiger partial charge in [0.05, 0.1) is 12.0 Å². The van der Waals surface area contributed by atoms with Gasteiger partial charge in [0.2, 0.25) is 17.7 Å². The fourth-order valence-corrected chi connectivity index (χ4v) is 4.82. The van der Waals surface area contributed by atoms with Crippen LogP contribution in [0.4, 0.5) is 0 Å². The number of hydrogen-bond donors (Lipinski definition) is 5. The molecular weight excluding hydrogens is 608 g/mol. The lowest BCUT2D eigenvalue weighted by Gasteiger charge is -2.24. The number of carbonyl (C=O) groups excluding carboxylic acids is 5. The highest BCUT2D eigenvalue weighted by molar-refractivity contribution is 6.45. The number of para-hydroxylation sites is 1. The van der Waals surface area contributed by atoms with Crippen LogP contribution >= 0.6 is 11.6 Å². The first-order valence-electron chi connectivity index (χ1n) is 14.8. The fraction of sp³-hybridized carbons (Fsp3) is 0.294. The lowest BCUT2D eigenvalue weighted by Crippen LogP contribution is -2.56. The molecule has 0 spiro atoms. The summed E-state index contributed by atoms with van der Waals surface area (Å²) in [5.41, 5.74) is 1.95. The fourth-order valence-electron chi connectivity index (χ4n) is 4.62. The minimum atomic E-state index is -1.46. The van der Waals surface area contributed by atoms with Crippen molar-refractivity contribution in [1.29, 1.82) is 0 Å². The van der Waals surface area contributed by atoms with Crippen molar-refractivity contribution in [2.45, 2.75) is 52.2 Å². The molecule has 0 unspecified atom stereocenters. The maximum Gasteiger partial charge on any atom is 0.293 e. The van der Waals surface area contributed by atoms with Crippen LogP contribution in [0.25, 0.3) is 10.9 Å². The molecule has 11 nitrogen and oxygen atoms in total. The van der Waals surface area contributed by atoms with Gasteiger partial charge < -0.3 is 26.3 Å². The van der Waals surface area contributed by atoms with Crippen LogP contribution in [0.3, 0.4) is 0 Å². The number of carbonyl (C=O) groups is 5. The number of pyridine rings is 1. The lowest BCUT2D eigenvalue weighted by molar-refractivity contribution is -0.133. The molecule has 240 valence electrons. The zero-order valence-electron chi connectivity index (χ0n) is 25.9. The highest BCUT2D eigenvalue weighted by Crippen LogP contribution is 2.19. The second kappa shape index (κ2) is 15.3. The lowest BCUT2D eigenvalue weighted by atomic mass is 9.97. The average molecular weight is 645 g/mol. The van der Waals surface area contributed by atoms with Crippen molar-refractivity contribution >= 4 is 51.9 Å². The molecule has 2 aromatic carbocycles. The van der Waals surface area contributed by atoms with E-state index in [-0.39, 0.29) is 23.9 Å². The number of rotatable bonds is 13. The molecule has 0 bridgehead atoms. The summed E-state index contributed by atoms with van der Waals surface area (Å²) >= 11 is 6.25. The predicted molar refractivity (Wildman–Crippen MR) is 175 cm³/mol. The number of amides is 4. The summed E-state index contributed by atoms with van der Waals surface area (Å²) in [5, 5.41) is 11.7.